The summed E-state index contributed by atoms with van der Waals surface area (Å²) in [6.07, 6.45) is 2.91. The van der Waals surface area contributed by atoms with Gasteiger partial charge in [-0.3, -0.25) is 9.36 Å². The second-order valence-electron chi connectivity index (χ2n) is 6.59. The lowest BCUT2D eigenvalue weighted by atomic mass is 10.1. The molecule has 7 heteroatoms. The number of nitrogens with one attached hydrogen (secondary N) is 1. The van der Waals surface area contributed by atoms with Crippen LogP contribution in [0.4, 0.5) is 8.78 Å². The number of benzene rings is 3. The first-order valence-electron chi connectivity index (χ1n) is 9.13. The van der Waals surface area contributed by atoms with Crippen LogP contribution in [0.2, 0.25) is 5.02 Å². The molecule has 4 aromatic rings. The molecule has 3 aromatic carbocycles. The lowest BCUT2D eigenvalue weighted by molar-refractivity contribution is 0.0943. The molecule has 1 aromatic heterocycles. The van der Waals surface area contributed by atoms with Gasteiger partial charge in [-0.05, 0) is 47.5 Å². The summed E-state index contributed by atoms with van der Waals surface area (Å²) in [5.41, 5.74) is 2.62. The molecule has 1 amide bonds. The number of amides is 1. The van der Waals surface area contributed by atoms with Gasteiger partial charge in [0, 0.05) is 22.8 Å². The van der Waals surface area contributed by atoms with Crippen LogP contribution in [0.3, 0.4) is 0 Å². The number of hydrogen-bond donors (Lipinski definition) is 1. The number of rotatable bonds is 5. The van der Waals surface area contributed by atoms with E-state index >= 15 is 0 Å². The molecule has 1 N–H and O–H groups in total. The Kier molecular flexibility index (Phi) is 5.59. The molecule has 0 saturated heterocycles. The Labute approximate surface area is 176 Å². The molecule has 150 valence electrons. The van der Waals surface area contributed by atoms with Crippen LogP contribution < -0.4 is 5.32 Å². The predicted molar refractivity (Wildman–Crippen MR) is 112 cm³/mol. The van der Waals surface area contributed by atoms with E-state index in [1.165, 1.54) is 18.6 Å². The Morgan fingerprint density at radius 1 is 0.967 bits per heavy atom. The highest BCUT2D eigenvalue weighted by Crippen LogP contribution is 2.25. The highest BCUT2D eigenvalue weighted by Gasteiger charge is 2.15. The van der Waals surface area contributed by atoms with Crippen LogP contribution in [-0.2, 0) is 6.54 Å². The minimum atomic E-state index is -0.710. The molecule has 0 bridgehead atoms. The van der Waals surface area contributed by atoms with Gasteiger partial charge < -0.3 is 5.32 Å². The van der Waals surface area contributed by atoms with Crippen molar-refractivity contribution in [3.8, 4) is 16.8 Å². The number of aromatic nitrogens is 2. The fourth-order valence-electron chi connectivity index (χ4n) is 3.13. The molecule has 0 atom stereocenters. The van der Waals surface area contributed by atoms with Crippen molar-refractivity contribution in [2.24, 2.45) is 0 Å². The standard InChI is InChI=1S/C23H16ClF2N3O/c24-17-6-1-4-15(10-17)16-5-2-7-18(11-16)29-14-27-13-22(29)23(30)28-12-19-20(25)8-3-9-21(19)26/h1-11,13-14H,12H2,(H,28,30). The van der Waals surface area contributed by atoms with Crippen LogP contribution in [0.1, 0.15) is 16.1 Å². The van der Waals surface area contributed by atoms with Crippen LogP contribution >= 0.6 is 11.6 Å². The Morgan fingerprint density at radius 2 is 1.63 bits per heavy atom. The van der Waals surface area contributed by atoms with E-state index in [1.807, 2.05) is 42.5 Å². The third kappa shape index (κ3) is 4.09. The first-order valence-corrected chi connectivity index (χ1v) is 9.50. The molecule has 0 aliphatic carbocycles. The third-order valence-electron chi connectivity index (χ3n) is 4.64. The average Bonchev–Trinajstić information content (AvgIpc) is 3.23. The monoisotopic (exact) mass is 423 g/mol. The van der Waals surface area contributed by atoms with Gasteiger partial charge >= 0.3 is 0 Å². The molecule has 0 aliphatic rings. The average molecular weight is 424 g/mol. The molecule has 0 spiro atoms. The van der Waals surface area contributed by atoms with E-state index in [2.05, 4.69) is 10.3 Å². The fraction of sp³-hybridized carbons (Fsp3) is 0.0435. The zero-order valence-electron chi connectivity index (χ0n) is 15.6. The van der Waals surface area contributed by atoms with E-state index in [9.17, 15) is 13.6 Å². The van der Waals surface area contributed by atoms with Crippen molar-refractivity contribution in [3.63, 3.8) is 0 Å². The zero-order valence-corrected chi connectivity index (χ0v) is 16.4. The highest BCUT2D eigenvalue weighted by molar-refractivity contribution is 6.30. The van der Waals surface area contributed by atoms with E-state index < -0.39 is 17.5 Å². The van der Waals surface area contributed by atoms with Crippen molar-refractivity contribution in [1.82, 2.24) is 14.9 Å². The maximum atomic E-state index is 13.8. The van der Waals surface area contributed by atoms with E-state index in [-0.39, 0.29) is 17.8 Å². The lowest BCUT2D eigenvalue weighted by Gasteiger charge is -2.11. The van der Waals surface area contributed by atoms with E-state index in [0.29, 0.717) is 10.7 Å². The van der Waals surface area contributed by atoms with Gasteiger partial charge in [-0.2, -0.15) is 0 Å². The van der Waals surface area contributed by atoms with Crippen molar-refractivity contribution in [1.29, 1.82) is 0 Å². The summed E-state index contributed by atoms with van der Waals surface area (Å²) in [4.78, 5) is 16.7. The molecule has 0 aliphatic heterocycles. The Morgan fingerprint density at radius 3 is 2.37 bits per heavy atom. The smallest absolute Gasteiger partial charge is 0.270 e. The number of hydrogen-bond acceptors (Lipinski definition) is 2. The van der Waals surface area contributed by atoms with Gasteiger partial charge in [-0.25, -0.2) is 13.8 Å². The number of nitrogens with zero attached hydrogens (tertiary/aromatic N) is 2. The summed E-state index contributed by atoms with van der Waals surface area (Å²) in [5, 5.41) is 3.18. The summed E-state index contributed by atoms with van der Waals surface area (Å²) in [6, 6.07) is 18.6. The molecule has 0 saturated carbocycles. The Bertz CT molecular complexity index is 1200. The summed E-state index contributed by atoms with van der Waals surface area (Å²) in [5.74, 6) is -1.92. The first-order chi connectivity index (χ1) is 14.5. The fourth-order valence-corrected chi connectivity index (χ4v) is 3.32. The molecular weight excluding hydrogens is 408 g/mol. The zero-order chi connectivity index (χ0) is 21.1. The van der Waals surface area contributed by atoms with E-state index in [1.54, 1.807) is 10.6 Å². The van der Waals surface area contributed by atoms with Crippen molar-refractivity contribution in [2.75, 3.05) is 0 Å². The van der Waals surface area contributed by atoms with Gasteiger partial charge in [-0.1, -0.05) is 41.9 Å². The molecule has 30 heavy (non-hydrogen) atoms. The minimum Gasteiger partial charge on any atom is -0.346 e. The highest BCUT2D eigenvalue weighted by atomic mass is 35.5. The predicted octanol–water partition coefficient (Wildman–Crippen LogP) is 5.40. The molecule has 1 heterocycles. The maximum Gasteiger partial charge on any atom is 0.270 e. The molecule has 0 fully saturated rings. The van der Waals surface area contributed by atoms with Crippen LogP contribution in [-0.4, -0.2) is 15.5 Å². The van der Waals surface area contributed by atoms with Crippen LogP contribution in [0.15, 0.2) is 79.3 Å². The maximum absolute atomic E-state index is 13.8. The molecule has 0 unspecified atom stereocenters. The van der Waals surface area contributed by atoms with Gasteiger partial charge in [-0.15, -0.1) is 0 Å². The van der Waals surface area contributed by atoms with Crippen LogP contribution in [0.5, 0.6) is 0 Å². The van der Waals surface area contributed by atoms with Gasteiger partial charge in [0.2, 0.25) is 0 Å². The number of halogens is 3. The van der Waals surface area contributed by atoms with E-state index in [4.69, 9.17) is 11.6 Å². The second kappa shape index (κ2) is 8.47. The minimum absolute atomic E-state index is 0.195. The van der Waals surface area contributed by atoms with E-state index in [0.717, 1.165) is 23.3 Å². The summed E-state index contributed by atoms with van der Waals surface area (Å²) in [6.45, 7) is -0.273. The van der Waals surface area contributed by atoms with Crippen molar-refractivity contribution < 1.29 is 13.6 Å². The number of imidazole rings is 1. The second-order valence-corrected chi connectivity index (χ2v) is 7.03. The first kappa shape index (κ1) is 19.8. The van der Waals surface area contributed by atoms with Gasteiger partial charge in [0.1, 0.15) is 17.3 Å². The van der Waals surface area contributed by atoms with Crippen molar-refractivity contribution >= 4 is 17.5 Å². The van der Waals surface area contributed by atoms with Gasteiger partial charge in [0.05, 0.1) is 12.5 Å². The van der Waals surface area contributed by atoms with Crippen LogP contribution in [0, 0.1) is 11.6 Å². The largest absolute Gasteiger partial charge is 0.346 e. The quantitative estimate of drug-likeness (QED) is 0.467. The Hall–Kier alpha value is -3.51. The molecule has 4 rings (SSSR count). The summed E-state index contributed by atoms with van der Waals surface area (Å²) >= 11 is 6.09. The van der Waals surface area contributed by atoms with Crippen molar-refractivity contribution in [3.05, 3.63) is 107 Å². The van der Waals surface area contributed by atoms with Gasteiger partial charge in [0.25, 0.3) is 5.91 Å². The normalized spacial score (nSPS) is 10.8. The van der Waals surface area contributed by atoms with Crippen molar-refractivity contribution in [2.45, 2.75) is 6.54 Å². The summed E-state index contributed by atoms with van der Waals surface area (Å²) in [7, 11) is 0. The molecule has 0 radical (unpaired) electrons. The number of carbonyl (C=O) groups is 1. The lowest BCUT2D eigenvalue weighted by Crippen LogP contribution is -2.26. The topological polar surface area (TPSA) is 46.9 Å². The molecule has 4 nitrogen and oxygen atoms in total. The van der Waals surface area contributed by atoms with Gasteiger partial charge in [0.15, 0.2) is 0 Å². The SMILES string of the molecule is O=C(NCc1c(F)cccc1F)c1cncn1-c1cccc(-c2cccc(Cl)c2)c1. The molecular formula is C23H16ClF2N3O. The summed E-state index contributed by atoms with van der Waals surface area (Å²) < 4.78 is 29.2. The third-order valence-corrected chi connectivity index (χ3v) is 4.88. The van der Waals surface area contributed by atoms with Crippen LogP contribution in [0.25, 0.3) is 16.8 Å². The number of carbonyl (C=O) groups excluding carboxylic acids is 1. The Balaban J connectivity index is 1.59.